The van der Waals surface area contributed by atoms with Crippen LogP contribution in [0.5, 0.6) is 0 Å². The summed E-state index contributed by atoms with van der Waals surface area (Å²) in [6, 6.07) is 14.8. The van der Waals surface area contributed by atoms with Gasteiger partial charge in [-0.2, -0.15) is 5.11 Å². The highest BCUT2D eigenvalue weighted by molar-refractivity contribution is 6.08. The molecule has 0 saturated heterocycles. The quantitative estimate of drug-likeness (QED) is 0.658. The van der Waals surface area contributed by atoms with Crippen LogP contribution in [0.15, 0.2) is 47.6 Å². The molecular formula is C15H15N3. The van der Waals surface area contributed by atoms with Crippen LogP contribution in [0.3, 0.4) is 0 Å². The smallest absolute Gasteiger partial charge is 0.0847 e. The van der Waals surface area contributed by atoms with Gasteiger partial charge in [-0.25, -0.2) is 5.53 Å². The minimum atomic E-state index is 0.460. The summed E-state index contributed by atoms with van der Waals surface area (Å²) in [5, 5.41) is 6.00. The molecule has 3 rings (SSSR count). The van der Waals surface area contributed by atoms with Crippen LogP contribution in [-0.2, 0) is 13.1 Å². The van der Waals surface area contributed by atoms with Crippen LogP contribution in [0, 0.1) is 5.53 Å². The largest absolute Gasteiger partial charge is 0.341 e. The molecule has 1 aromatic heterocycles. The van der Waals surface area contributed by atoms with E-state index in [4.69, 9.17) is 5.53 Å². The number of rotatable bonds is 3. The van der Waals surface area contributed by atoms with Gasteiger partial charge in [0.05, 0.1) is 6.54 Å². The molecule has 0 bridgehead atoms. The van der Waals surface area contributed by atoms with E-state index in [1.165, 1.54) is 21.8 Å². The van der Waals surface area contributed by atoms with E-state index in [-0.39, 0.29) is 0 Å². The predicted molar refractivity (Wildman–Crippen MR) is 74.0 cm³/mol. The van der Waals surface area contributed by atoms with Crippen LogP contribution in [0.4, 0.5) is 0 Å². The Labute approximate surface area is 106 Å². The fraction of sp³-hybridized carbons (Fsp3) is 0.200. The number of nitrogens with one attached hydrogen (secondary N) is 1. The molecule has 0 aliphatic heterocycles. The Hall–Kier alpha value is -2.16. The van der Waals surface area contributed by atoms with Crippen molar-refractivity contribution in [1.82, 2.24) is 4.57 Å². The molecule has 0 aliphatic carbocycles. The summed E-state index contributed by atoms with van der Waals surface area (Å²) in [5.41, 5.74) is 10.6. The van der Waals surface area contributed by atoms with Gasteiger partial charge in [-0.05, 0) is 30.7 Å². The van der Waals surface area contributed by atoms with E-state index in [2.05, 4.69) is 59.1 Å². The minimum Gasteiger partial charge on any atom is -0.341 e. The van der Waals surface area contributed by atoms with Gasteiger partial charge >= 0.3 is 0 Å². The lowest BCUT2D eigenvalue weighted by atomic mass is 10.1. The van der Waals surface area contributed by atoms with E-state index < -0.39 is 0 Å². The fourth-order valence-electron chi connectivity index (χ4n) is 2.63. The maximum absolute atomic E-state index is 6.97. The summed E-state index contributed by atoms with van der Waals surface area (Å²) in [6.45, 7) is 3.59. The van der Waals surface area contributed by atoms with Gasteiger partial charge in [0, 0.05) is 28.4 Å². The van der Waals surface area contributed by atoms with Crippen molar-refractivity contribution in [3.8, 4) is 0 Å². The maximum Gasteiger partial charge on any atom is 0.0847 e. The monoisotopic (exact) mass is 237 g/mol. The average molecular weight is 237 g/mol. The van der Waals surface area contributed by atoms with Crippen molar-refractivity contribution in [3.05, 3.63) is 48.0 Å². The van der Waals surface area contributed by atoms with Gasteiger partial charge < -0.3 is 4.57 Å². The molecule has 0 fully saturated rings. The van der Waals surface area contributed by atoms with E-state index in [9.17, 15) is 0 Å². The first-order valence-electron chi connectivity index (χ1n) is 6.18. The number of aromatic nitrogens is 1. The third-order valence-electron chi connectivity index (χ3n) is 3.41. The number of para-hydroxylation sites is 1. The molecule has 0 atom stereocenters. The lowest BCUT2D eigenvalue weighted by molar-refractivity contribution is 0.826. The topological polar surface area (TPSA) is 41.1 Å². The molecule has 18 heavy (non-hydrogen) atoms. The fourth-order valence-corrected chi connectivity index (χ4v) is 2.63. The Morgan fingerprint density at radius 2 is 1.83 bits per heavy atom. The van der Waals surface area contributed by atoms with E-state index in [1.807, 2.05) is 0 Å². The molecule has 0 spiro atoms. The van der Waals surface area contributed by atoms with Crippen LogP contribution >= 0.6 is 0 Å². The number of fused-ring (bicyclic) bond motifs is 3. The number of nitrogens with zero attached hydrogens (tertiary/aromatic N) is 2. The number of benzene rings is 2. The second-order valence-corrected chi connectivity index (χ2v) is 4.43. The number of hydrogen-bond acceptors (Lipinski definition) is 2. The summed E-state index contributed by atoms with van der Waals surface area (Å²) in [4.78, 5) is 0. The highest BCUT2D eigenvalue weighted by Crippen LogP contribution is 2.29. The lowest BCUT2D eigenvalue weighted by Crippen LogP contribution is -1.92. The van der Waals surface area contributed by atoms with Gasteiger partial charge in [-0.1, -0.05) is 24.3 Å². The van der Waals surface area contributed by atoms with Gasteiger partial charge in [0.15, 0.2) is 0 Å². The molecule has 3 aromatic rings. The van der Waals surface area contributed by atoms with E-state index in [1.54, 1.807) is 0 Å². The molecule has 0 saturated carbocycles. The molecule has 90 valence electrons. The molecule has 1 N–H and O–H groups in total. The van der Waals surface area contributed by atoms with Crippen LogP contribution in [0.25, 0.3) is 21.8 Å². The van der Waals surface area contributed by atoms with E-state index in [0.717, 1.165) is 12.1 Å². The zero-order valence-corrected chi connectivity index (χ0v) is 10.4. The molecule has 0 aliphatic rings. The standard InChI is InChI=1S/C15H15N3/c1-2-18-14-6-4-3-5-12(14)13-9-11(10-17-16)7-8-15(13)18/h3-9,16H,2,10H2,1H3. The summed E-state index contributed by atoms with van der Waals surface area (Å²) >= 11 is 0. The van der Waals surface area contributed by atoms with Gasteiger partial charge in [0.2, 0.25) is 0 Å². The van der Waals surface area contributed by atoms with Crippen molar-refractivity contribution in [3.63, 3.8) is 0 Å². The molecule has 1 heterocycles. The van der Waals surface area contributed by atoms with Gasteiger partial charge in [0.25, 0.3) is 0 Å². The van der Waals surface area contributed by atoms with Gasteiger partial charge in [-0.3, -0.25) is 0 Å². The number of hydrogen-bond donors (Lipinski definition) is 1. The van der Waals surface area contributed by atoms with Crippen molar-refractivity contribution >= 4 is 21.8 Å². The van der Waals surface area contributed by atoms with Crippen LogP contribution in [-0.4, -0.2) is 4.57 Å². The molecule has 3 nitrogen and oxygen atoms in total. The molecular weight excluding hydrogens is 222 g/mol. The second kappa shape index (κ2) is 4.26. The van der Waals surface area contributed by atoms with Crippen LogP contribution < -0.4 is 0 Å². The maximum atomic E-state index is 6.97. The summed E-state index contributed by atoms with van der Waals surface area (Å²) in [7, 11) is 0. The zero-order valence-electron chi connectivity index (χ0n) is 10.4. The van der Waals surface area contributed by atoms with E-state index in [0.29, 0.717) is 6.54 Å². The molecule has 2 aromatic carbocycles. The third-order valence-corrected chi connectivity index (χ3v) is 3.41. The molecule has 0 unspecified atom stereocenters. The summed E-state index contributed by atoms with van der Waals surface area (Å²) in [6.07, 6.45) is 0. The molecule has 3 heteroatoms. The van der Waals surface area contributed by atoms with Gasteiger partial charge in [-0.15, -0.1) is 0 Å². The first-order valence-corrected chi connectivity index (χ1v) is 6.18. The Kier molecular flexibility index (Phi) is 2.59. The Balaban J connectivity index is 2.40. The summed E-state index contributed by atoms with van der Waals surface area (Å²) < 4.78 is 2.33. The Morgan fingerprint density at radius 3 is 2.61 bits per heavy atom. The Bertz CT molecular complexity index is 725. The Morgan fingerprint density at radius 1 is 1.06 bits per heavy atom. The molecule has 0 amide bonds. The van der Waals surface area contributed by atoms with Crippen molar-refractivity contribution in [2.75, 3.05) is 0 Å². The van der Waals surface area contributed by atoms with Crippen molar-refractivity contribution in [2.24, 2.45) is 5.11 Å². The van der Waals surface area contributed by atoms with Crippen molar-refractivity contribution < 1.29 is 0 Å². The third kappa shape index (κ3) is 1.51. The van der Waals surface area contributed by atoms with Gasteiger partial charge in [0.1, 0.15) is 0 Å². The average Bonchev–Trinajstić information content (AvgIpc) is 2.72. The zero-order chi connectivity index (χ0) is 12.5. The highest BCUT2D eigenvalue weighted by atomic mass is 15.0. The lowest BCUT2D eigenvalue weighted by Gasteiger charge is -2.02. The first kappa shape index (κ1) is 11.0. The van der Waals surface area contributed by atoms with Crippen molar-refractivity contribution in [2.45, 2.75) is 20.0 Å². The number of aryl methyl sites for hydroxylation is 1. The SMILES string of the molecule is CCn1c2ccccc2c2cc(CN=N)ccc21. The van der Waals surface area contributed by atoms with Crippen LogP contribution in [0.2, 0.25) is 0 Å². The first-order chi connectivity index (χ1) is 8.85. The van der Waals surface area contributed by atoms with Crippen molar-refractivity contribution in [1.29, 1.82) is 5.53 Å². The summed E-state index contributed by atoms with van der Waals surface area (Å²) in [5.74, 6) is 0. The second-order valence-electron chi connectivity index (χ2n) is 4.43. The minimum absolute atomic E-state index is 0.460. The highest BCUT2D eigenvalue weighted by Gasteiger charge is 2.09. The molecule has 0 radical (unpaired) electrons. The predicted octanol–water partition coefficient (Wildman–Crippen LogP) is 4.35. The van der Waals surface area contributed by atoms with E-state index >= 15 is 0 Å². The van der Waals surface area contributed by atoms with Crippen LogP contribution in [0.1, 0.15) is 12.5 Å². The normalized spacial score (nSPS) is 11.2.